The molecular weight excluding hydrogens is 746 g/mol. The van der Waals surface area contributed by atoms with E-state index in [2.05, 4.69) is 21.2 Å². The third-order valence-electron chi connectivity index (χ3n) is 8.20. The van der Waals surface area contributed by atoms with Gasteiger partial charge in [-0.15, -0.1) is 0 Å². The van der Waals surface area contributed by atoms with E-state index < -0.39 is 6.04 Å². The van der Waals surface area contributed by atoms with Crippen LogP contribution in [-0.4, -0.2) is 36.8 Å². The summed E-state index contributed by atoms with van der Waals surface area (Å²) in [5, 5.41) is 2.98. The highest BCUT2D eigenvalue weighted by molar-refractivity contribution is 9.10. The van der Waals surface area contributed by atoms with E-state index in [-0.39, 0.29) is 24.0 Å². The van der Waals surface area contributed by atoms with Crippen LogP contribution in [-0.2, 0) is 16.1 Å². The molecule has 10 nitrogen and oxygen atoms in total. The largest absolute Gasteiger partial charge is 0.494 e. The third-order valence-corrected chi connectivity index (χ3v) is 9.77. The number of hydrogen-bond acceptors (Lipinski definition) is 9. The number of carbonyl (C=O) groups is 2. The Hall–Kier alpha value is -5.46. The predicted octanol–water partition coefficient (Wildman–Crippen LogP) is 6.80. The van der Waals surface area contributed by atoms with Crippen molar-refractivity contribution in [3.8, 4) is 17.2 Å². The molecule has 266 valence electrons. The number of amides is 1. The number of rotatable bonds is 12. The monoisotopic (exact) mass is 781 g/mol. The maximum atomic E-state index is 14.3. The molecule has 1 aromatic heterocycles. The molecule has 0 aliphatic carbocycles. The molecule has 6 rings (SSSR count). The first-order valence-electron chi connectivity index (χ1n) is 16.6. The van der Waals surface area contributed by atoms with E-state index >= 15 is 0 Å². The average Bonchev–Trinajstić information content (AvgIpc) is 3.44. The molecule has 1 N–H and O–H groups in total. The summed E-state index contributed by atoms with van der Waals surface area (Å²) in [6.07, 6.45) is 1.77. The summed E-state index contributed by atoms with van der Waals surface area (Å²) in [5.74, 6) is 0.904. The lowest BCUT2D eigenvalue weighted by molar-refractivity contribution is -0.113. The molecule has 5 aromatic rings. The van der Waals surface area contributed by atoms with Crippen molar-refractivity contribution in [2.24, 2.45) is 4.99 Å². The van der Waals surface area contributed by atoms with Crippen LogP contribution in [0.3, 0.4) is 0 Å². The quantitative estimate of drug-likeness (QED) is 0.139. The fourth-order valence-corrected chi connectivity index (χ4v) is 7.40. The summed E-state index contributed by atoms with van der Waals surface area (Å²) in [6, 6.07) is 26.5. The maximum Gasteiger partial charge on any atom is 0.338 e. The molecule has 1 atom stereocenters. The van der Waals surface area contributed by atoms with Crippen LogP contribution in [0.15, 0.2) is 117 Å². The number of anilines is 1. The minimum Gasteiger partial charge on any atom is -0.494 e. The van der Waals surface area contributed by atoms with Gasteiger partial charge in [-0.1, -0.05) is 53.8 Å². The van der Waals surface area contributed by atoms with Crippen LogP contribution in [0.25, 0.3) is 6.08 Å². The van der Waals surface area contributed by atoms with Crippen LogP contribution < -0.4 is 34.4 Å². The van der Waals surface area contributed by atoms with E-state index in [0.717, 1.165) is 11.1 Å². The van der Waals surface area contributed by atoms with Gasteiger partial charge in [0.1, 0.15) is 12.4 Å². The molecule has 0 fully saturated rings. The zero-order valence-electron chi connectivity index (χ0n) is 29.0. The van der Waals surface area contributed by atoms with Crippen LogP contribution >= 0.6 is 27.3 Å². The standard InChI is InChI=1S/C40H36BrN3O7S/c1-5-49-30-18-16-27(17-19-30)35-34(37(45)43-29-10-8-7-9-11-29)24(3)42-40-44(35)38(46)33(52-40)22-26-20-31(41)36(32(21-26)48-4)51-23-25-12-14-28(15-13-25)39(47)50-6-2/h7-22,35H,5-6,23H2,1-4H3,(H,43,45)/b33-22-/t35-/m0/s1. The van der Waals surface area contributed by atoms with Crippen molar-refractivity contribution >= 4 is 50.9 Å². The number of nitrogens with one attached hydrogen (secondary N) is 1. The van der Waals surface area contributed by atoms with Crippen LogP contribution in [0.1, 0.15) is 53.9 Å². The molecule has 0 radical (unpaired) electrons. The number of benzene rings is 4. The number of hydrogen-bond donors (Lipinski definition) is 1. The molecule has 2 heterocycles. The number of para-hydroxylation sites is 1. The fraction of sp³-hybridized carbons (Fsp3) is 0.200. The lowest BCUT2D eigenvalue weighted by Gasteiger charge is -2.25. The molecule has 0 spiro atoms. The molecule has 1 amide bonds. The Kier molecular flexibility index (Phi) is 11.4. The van der Waals surface area contributed by atoms with Crippen molar-refractivity contribution in [3.05, 3.63) is 149 Å². The smallest absolute Gasteiger partial charge is 0.338 e. The summed E-state index contributed by atoms with van der Waals surface area (Å²) in [4.78, 5) is 45.4. The number of aromatic nitrogens is 1. The Labute approximate surface area is 312 Å². The van der Waals surface area contributed by atoms with Crippen molar-refractivity contribution in [2.75, 3.05) is 25.6 Å². The maximum absolute atomic E-state index is 14.3. The second kappa shape index (κ2) is 16.3. The Morgan fingerprint density at radius 3 is 2.37 bits per heavy atom. The third kappa shape index (κ3) is 7.88. The van der Waals surface area contributed by atoms with Crippen molar-refractivity contribution in [3.63, 3.8) is 0 Å². The first-order valence-corrected chi connectivity index (χ1v) is 18.2. The van der Waals surface area contributed by atoms with E-state index in [1.807, 2.05) is 67.6 Å². The van der Waals surface area contributed by atoms with Crippen molar-refractivity contribution < 1.29 is 28.5 Å². The van der Waals surface area contributed by atoms with Gasteiger partial charge in [-0.25, -0.2) is 9.79 Å². The number of allylic oxidation sites excluding steroid dienone is 1. The van der Waals surface area contributed by atoms with Gasteiger partial charge in [-0.2, -0.15) is 0 Å². The van der Waals surface area contributed by atoms with Gasteiger partial charge >= 0.3 is 5.97 Å². The van der Waals surface area contributed by atoms with Gasteiger partial charge in [0.05, 0.1) is 52.2 Å². The lowest BCUT2D eigenvalue weighted by atomic mass is 9.95. The first kappa shape index (κ1) is 36.3. The van der Waals surface area contributed by atoms with E-state index in [9.17, 15) is 14.4 Å². The second-order valence-corrected chi connectivity index (χ2v) is 13.5. The second-order valence-electron chi connectivity index (χ2n) is 11.6. The number of carbonyl (C=O) groups excluding carboxylic acids is 2. The van der Waals surface area contributed by atoms with Crippen LogP contribution in [0.4, 0.5) is 5.69 Å². The summed E-state index contributed by atoms with van der Waals surface area (Å²) in [5.41, 5.74) is 3.97. The number of nitrogens with zero attached hydrogens (tertiary/aromatic N) is 2. The van der Waals surface area contributed by atoms with Gasteiger partial charge < -0.3 is 24.3 Å². The number of halogens is 1. The molecule has 0 saturated carbocycles. The summed E-state index contributed by atoms with van der Waals surface area (Å²) < 4.78 is 25.2. The first-order chi connectivity index (χ1) is 25.2. The van der Waals surface area contributed by atoms with E-state index in [0.29, 0.717) is 72.4 Å². The minimum atomic E-state index is -0.735. The predicted molar refractivity (Wildman–Crippen MR) is 204 cm³/mol. The molecule has 12 heteroatoms. The molecule has 4 aromatic carbocycles. The van der Waals surface area contributed by atoms with Gasteiger partial charge in [0.15, 0.2) is 16.3 Å². The molecule has 52 heavy (non-hydrogen) atoms. The lowest BCUT2D eigenvalue weighted by Crippen LogP contribution is -2.40. The highest BCUT2D eigenvalue weighted by atomic mass is 79.9. The zero-order chi connectivity index (χ0) is 36.8. The van der Waals surface area contributed by atoms with Gasteiger partial charge in [0, 0.05) is 5.69 Å². The molecule has 1 aliphatic rings. The fourth-order valence-electron chi connectivity index (χ4n) is 5.78. The van der Waals surface area contributed by atoms with Gasteiger partial charge in [-0.05, 0) is 108 Å². The summed E-state index contributed by atoms with van der Waals surface area (Å²) in [6.45, 7) is 6.50. The van der Waals surface area contributed by atoms with Gasteiger partial charge in [0.25, 0.3) is 11.5 Å². The number of esters is 1. The highest BCUT2D eigenvalue weighted by Crippen LogP contribution is 2.38. The SMILES string of the molecule is CCOC(=O)c1ccc(COc2c(Br)cc(/C=c3\sc4n(c3=O)[C@@H](c3ccc(OCC)cc3)C(C(=O)Nc3ccccc3)=C(C)N=4)cc2OC)cc1. The van der Waals surface area contributed by atoms with Gasteiger partial charge in [-0.3, -0.25) is 14.2 Å². The Morgan fingerprint density at radius 1 is 0.962 bits per heavy atom. The summed E-state index contributed by atoms with van der Waals surface area (Å²) in [7, 11) is 1.54. The molecule has 0 bridgehead atoms. The number of methoxy groups -OCH3 is 1. The topological polar surface area (TPSA) is 117 Å². The van der Waals surface area contributed by atoms with Crippen LogP contribution in [0, 0.1) is 0 Å². The van der Waals surface area contributed by atoms with Crippen molar-refractivity contribution in [2.45, 2.75) is 33.4 Å². The minimum absolute atomic E-state index is 0.223. The van der Waals surface area contributed by atoms with Gasteiger partial charge in [0.2, 0.25) is 0 Å². The van der Waals surface area contributed by atoms with Crippen molar-refractivity contribution in [1.82, 2.24) is 4.57 Å². The normalized spacial score (nSPS) is 13.9. The van der Waals surface area contributed by atoms with E-state index in [4.69, 9.17) is 23.9 Å². The number of fused-ring (bicyclic) bond motifs is 1. The zero-order valence-corrected chi connectivity index (χ0v) is 31.4. The van der Waals surface area contributed by atoms with E-state index in [1.54, 1.807) is 61.9 Å². The van der Waals surface area contributed by atoms with Crippen LogP contribution in [0.2, 0.25) is 0 Å². The number of ether oxygens (including phenoxy) is 4. The molecular formula is C40H36BrN3O7S. The Bertz CT molecular complexity index is 2320. The van der Waals surface area contributed by atoms with Crippen LogP contribution in [0.5, 0.6) is 17.2 Å². The Balaban J connectivity index is 1.34. The molecule has 0 unspecified atom stereocenters. The number of thiazole rings is 1. The van der Waals surface area contributed by atoms with Crippen molar-refractivity contribution in [1.29, 1.82) is 0 Å². The summed E-state index contributed by atoms with van der Waals surface area (Å²) >= 11 is 4.86. The molecule has 1 aliphatic heterocycles. The molecule has 0 saturated heterocycles. The van der Waals surface area contributed by atoms with E-state index in [1.165, 1.54) is 11.3 Å². The Morgan fingerprint density at radius 2 is 1.69 bits per heavy atom. The highest BCUT2D eigenvalue weighted by Gasteiger charge is 2.32. The average molecular weight is 783 g/mol.